The number of carbonyl (C=O) groups excluding carboxylic acids is 1. The first-order valence-corrected chi connectivity index (χ1v) is 3.73. The van der Waals surface area contributed by atoms with Crippen molar-refractivity contribution >= 4 is 6.29 Å². The van der Waals surface area contributed by atoms with Crippen LogP contribution in [-0.4, -0.2) is 21.7 Å². The highest BCUT2D eigenvalue weighted by molar-refractivity contribution is 5.72. The van der Waals surface area contributed by atoms with Gasteiger partial charge in [-0.05, 0) is 12.8 Å². The van der Waals surface area contributed by atoms with Gasteiger partial charge in [0.1, 0.15) is 5.69 Å². The highest BCUT2D eigenvalue weighted by Gasteiger charge is 2.04. The van der Waals surface area contributed by atoms with Crippen molar-refractivity contribution in [2.75, 3.05) is 0 Å². The van der Waals surface area contributed by atoms with E-state index in [1.165, 1.54) is 0 Å². The smallest absolute Gasteiger partial charge is 0.172 e. The van der Waals surface area contributed by atoms with Crippen molar-refractivity contribution in [3.05, 3.63) is 11.4 Å². The number of H-pyrrole nitrogens is 1. The number of carbonyl (C=O) groups is 1. The molecule has 1 N–H and O–H groups in total. The fourth-order valence-corrected chi connectivity index (χ4v) is 0.884. The highest BCUT2D eigenvalue weighted by Crippen LogP contribution is 2.02. The molecule has 0 amide bonds. The van der Waals surface area contributed by atoms with Crippen LogP contribution in [0.4, 0.5) is 0 Å². The van der Waals surface area contributed by atoms with Gasteiger partial charge in [-0.3, -0.25) is 4.79 Å². The minimum Gasteiger partial charge on any atom is -0.296 e. The van der Waals surface area contributed by atoms with Gasteiger partial charge in [0.25, 0.3) is 0 Å². The number of nitrogens with zero attached hydrogens (tertiary/aromatic N) is 2. The third-order valence-electron chi connectivity index (χ3n) is 1.53. The molecule has 0 radical (unpaired) electrons. The number of unbranched alkanes of at least 4 members (excludes halogenated alkanes) is 1. The lowest BCUT2D eigenvalue weighted by atomic mass is 10.2. The molecule has 0 atom stereocenters. The lowest BCUT2D eigenvalue weighted by molar-refractivity contribution is 0.111. The molecule has 60 valence electrons. The topological polar surface area (TPSA) is 58.6 Å². The van der Waals surface area contributed by atoms with Crippen LogP contribution in [0.25, 0.3) is 0 Å². The Morgan fingerprint density at radius 3 is 3.00 bits per heavy atom. The van der Waals surface area contributed by atoms with Gasteiger partial charge in [-0.15, -0.1) is 0 Å². The fraction of sp³-hybridized carbons (Fsp3) is 0.571. The van der Waals surface area contributed by atoms with Crippen molar-refractivity contribution < 1.29 is 4.79 Å². The Bertz CT molecular complexity index is 231. The molecule has 1 heterocycles. The van der Waals surface area contributed by atoms with Crippen LogP contribution in [0.2, 0.25) is 0 Å². The van der Waals surface area contributed by atoms with Gasteiger partial charge < -0.3 is 0 Å². The second-order valence-corrected chi connectivity index (χ2v) is 2.38. The van der Waals surface area contributed by atoms with Crippen LogP contribution in [0.15, 0.2) is 0 Å². The number of hydrogen-bond acceptors (Lipinski definition) is 3. The summed E-state index contributed by atoms with van der Waals surface area (Å²) < 4.78 is 0. The maximum absolute atomic E-state index is 10.3. The first-order chi connectivity index (χ1) is 5.38. The lowest BCUT2D eigenvalue weighted by Gasteiger charge is -1.91. The van der Waals surface area contributed by atoms with Gasteiger partial charge in [-0.2, -0.15) is 15.4 Å². The molecule has 1 aromatic rings. The maximum atomic E-state index is 10.3. The molecule has 4 heteroatoms. The van der Waals surface area contributed by atoms with Crippen molar-refractivity contribution in [2.45, 2.75) is 26.2 Å². The summed E-state index contributed by atoms with van der Waals surface area (Å²) in [4.78, 5) is 10.3. The first kappa shape index (κ1) is 7.91. The van der Waals surface area contributed by atoms with E-state index in [0.29, 0.717) is 5.69 Å². The number of hydrogen-bond donors (Lipinski definition) is 1. The van der Waals surface area contributed by atoms with Gasteiger partial charge in [0.2, 0.25) is 0 Å². The number of aromatic amines is 1. The van der Waals surface area contributed by atoms with Gasteiger partial charge >= 0.3 is 0 Å². The van der Waals surface area contributed by atoms with E-state index >= 15 is 0 Å². The molecule has 1 aromatic heterocycles. The van der Waals surface area contributed by atoms with E-state index in [-0.39, 0.29) is 0 Å². The van der Waals surface area contributed by atoms with Gasteiger partial charge in [0, 0.05) is 0 Å². The summed E-state index contributed by atoms with van der Waals surface area (Å²) in [6.07, 6.45) is 3.72. The SMILES string of the molecule is CCCCc1n[nH]nc1C=O. The van der Waals surface area contributed by atoms with Crippen molar-refractivity contribution in [3.63, 3.8) is 0 Å². The molecule has 0 aliphatic carbocycles. The van der Waals surface area contributed by atoms with E-state index in [1.807, 2.05) is 0 Å². The van der Waals surface area contributed by atoms with Crippen molar-refractivity contribution in [1.82, 2.24) is 15.4 Å². The van der Waals surface area contributed by atoms with Gasteiger partial charge in [0.15, 0.2) is 6.29 Å². The van der Waals surface area contributed by atoms with Crippen LogP contribution in [0.5, 0.6) is 0 Å². The predicted octanol–water partition coefficient (Wildman–Crippen LogP) is 0.960. The predicted molar refractivity (Wildman–Crippen MR) is 40.4 cm³/mol. The van der Waals surface area contributed by atoms with Gasteiger partial charge in [0.05, 0.1) is 5.69 Å². The maximum Gasteiger partial charge on any atom is 0.172 e. The Morgan fingerprint density at radius 1 is 1.55 bits per heavy atom. The van der Waals surface area contributed by atoms with Gasteiger partial charge in [-0.25, -0.2) is 0 Å². The molecule has 0 saturated carbocycles. The summed E-state index contributed by atoms with van der Waals surface area (Å²) >= 11 is 0. The summed E-state index contributed by atoms with van der Waals surface area (Å²) in [6.45, 7) is 2.10. The molecule has 0 aromatic carbocycles. The van der Waals surface area contributed by atoms with Crippen LogP contribution in [0.1, 0.15) is 35.9 Å². The number of aromatic nitrogens is 3. The average molecular weight is 153 g/mol. The normalized spacial score (nSPS) is 9.91. The number of aryl methyl sites for hydroxylation is 1. The van der Waals surface area contributed by atoms with Crippen molar-refractivity contribution in [3.8, 4) is 0 Å². The van der Waals surface area contributed by atoms with Crippen molar-refractivity contribution in [2.24, 2.45) is 0 Å². The molecule has 11 heavy (non-hydrogen) atoms. The molecule has 0 spiro atoms. The molecular formula is C7H11N3O. The molecule has 0 fully saturated rings. The summed E-state index contributed by atoms with van der Waals surface area (Å²) in [5, 5.41) is 9.97. The van der Waals surface area contributed by atoms with E-state index in [4.69, 9.17) is 0 Å². The van der Waals surface area contributed by atoms with E-state index in [2.05, 4.69) is 22.3 Å². The van der Waals surface area contributed by atoms with E-state index in [1.54, 1.807) is 0 Å². The van der Waals surface area contributed by atoms with E-state index in [0.717, 1.165) is 31.2 Å². The van der Waals surface area contributed by atoms with Crippen molar-refractivity contribution in [1.29, 1.82) is 0 Å². The first-order valence-electron chi connectivity index (χ1n) is 3.73. The molecule has 0 aliphatic rings. The number of aldehydes is 1. The quantitative estimate of drug-likeness (QED) is 0.655. The Balaban J connectivity index is 2.61. The third kappa shape index (κ3) is 1.86. The molecule has 0 bridgehead atoms. The number of nitrogens with one attached hydrogen (secondary N) is 1. The fourth-order valence-electron chi connectivity index (χ4n) is 0.884. The lowest BCUT2D eigenvalue weighted by Crippen LogP contribution is -1.90. The Hall–Kier alpha value is -1.19. The van der Waals surface area contributed by atoms with Crippen LogP contribution in [0.3, 0.4) is 0 Å². The number of rotatable bonds is 4. The van der Waals surface area contributed by atoms with E-state index in [9.17, 15) is 4.79 Å². The standard InChI is InChI=1S/C7H11N3O/c1-2-3-4-6-7(5-11)9-10-8-6/h5H,2-4H2,1H3,(H,8,9,10). The average Bonchev–Trinajstić information content (AvgIpc) is 2.47. The second kappa shape index (κ2) is 3.85. The third-order valence-corrected chi connectivity index (χ3v) is 1.53. The zero-order valence-electron chi connectivity index (χ0n) is 6.50. The minimum atomic E-state index is 0.443. The summed E-state index contributed by atoms with van der Waals surface area (Å²) in [5.41, 5.74) is 1.22. The Kier molecular flexibility index (Phi) is 2.77. The second-order valence-electron chi connectivity index (χ2n) is 2.38. The zero-order valence-corrected chi connectivity index (χ0v) is 6.50. The van der Waals surface area contributed by atoms with E-state index < -0.39 is 0 Å². The molecule has 1 rings (SSSR count). The largest absolute Gasteiger partial charge is 0.296 e. The minimum absolute atomic E-state index is 0.443. The Labute approximate surface area is 65.0 Å². The van der Waals surface area contributed by atoms with Crippen LogP contribution >= 0.6 is 0 Å². The zero-order chi connectivity index (χ0) is 8.10. The molecule has 0 unspecified atom stereocenters. The monoisotopic (exact) mass is 153 g/mol. The summed E-state index contributed by atoms with van der Waals surface area (Å²) in [6, 6.07) is 0. The highest BCUT2D eigenvalue weighted by atomic mass is 16.1. The van der Waals surface area contributed by atoms with Crippen LogP contribution in [-0.2, 0) is 6.42 Å². The summed E-state index contributed by atoms with van der Waals surface area (Å²) in [5.74, 6) is 0. The van der Waals surface area contributed by atoms with Crippen LogP contribution in [0, 0.1) is 0 Å². The van der Waals surface area contributed by atoms with Crippen LogP contribution < -0.4 is 0 Å². The molecular weight excluding hydrogens is 142 g/mol. The summed E-state index contributed by atoms with van der Waals surface area (Å²) in [7, 11) is 0. The molecule has 0 aliphatic heterocycles. The van der Waals surface area contributed by atoms with Gasteiger partial charge in [-0.1, -0.05) is 13.3 Å². The Morgan fingerprint density at radius 2 is 2.36 bits per heavy atom. The molecule has 0 saturated heterocycles. The molecule has 4 nitrogen and oxygen atoms in total.